The van der Waals surface area contributed by atoms with Gasteiger partial charge in [0.25, 0.3) is 0 Å². The minimum Gasteiger partial charge on any atom is -0.343 e. The molecular formula is C18H22N4O3. The Morgan fingerprint density at radius 3 is 2.56 bits per heavy atom. The number of hydrogen-bond acceptors (Lipinski definition) is 5. The molecule has 0 spiro atoms. The monoisotopic (exact) mass is 342 g/mol. The number of hydrogen-bond donors (Lipinski definition) is 2. The standard InChI is InChI=1S/C18H22N4O3/c1-12(2)17(18-20-13(3)22-25-18)21-16(24)11-19-15(23)10-9-14-7-5-4-6-8-14/h4-10,12,17H,11H2,1-3H3,(H,19,23)(H,21,24)/b10-9+/t17-/m0/s1. The summed E-state index contributed by atoms with van der Waals surface area (Å²) in [6.45, 7) is 5.46. The summed E-state index contributed by atoms with van der Waals surface area (Å²) in [5.41, 5.74) is 0.911. The lowest BCUT2D eigenvalue weighted by atomic mass is 10.0. The van der Waals surface area contributed by atoms with Crippen molar-refractivity contribution in [3.63, 3.8) is 0 Å². The highest BCUT2D eigenvalue weighted by molar-refractivity contribution is 5.94. The van der Waals surface area contributed by atoms with E-state index in [4.69, 9.17) is 4.52 Å². The van der Waals surface area contributed by atoms with Crippen molar-refractivity contribution in [1.29, 1.82) is 0 Å². The van der Waals surface area contributed by atoms with E-state index >= 15 is 0 Å². The van der Waals surface area contributed by atoms with Gasteiger partial charge in [0.2, 0.25) is 17.7 Å². The number of carbonyl (C=O) groups is 2. The summed E-state index contributed by atoms with van der Waals surface area (Å²) in [5.74, 6) is 0.271. The van der Waals surface area contributed by atoms with Gasteiger partial charge in [0, 0.05) is 6.08 Å². The highest BCUT2D eigenvalue weighted by Gasteiger charge is 2.23. The lowest BCUT2D eigenvalue weighted by Crippen LogP contribution is -2.39. The van der Waals surface area contributed by atoms with Crippen molar-refractivity contribution in [2.75, 3.05) is 6.54 Å². The molecule has 0 saturated heterocycles. The van der Waals surface area contributed by atoms with Crippen LogP contribution in [-0.2, 0) is 9.59 Å². The molecule has 25 heavy (non-hydrogen) atoms. The van der Waals surface area contributed by atoms with Crippen LogP contribution >= 0.6 is 0 Å². The van der Waals surface area contributed by atoms with E-state index in [1.807, 2.05) is 44.2 Å². The summed E-state index contributed by atoms with van der Waals surface area (Å²) in [6, 6.07) is 9.04. The van der Waals surface area contributed by atoms with E-state index < -0.39 is 6.04 Å². The van der Waals surface area contributed by atoms with E-state index in [-0.39, 0.29) is 24.3 Å². The van der Waals surface area contributed by atoms with Crippen LogP contribution in [0.5, 0.6) is 0 Å². The van der Waals surface area contributed by atoms with Gasteiger partial charge in [-0.1, -0.05) is 49.3 Å². The second kappa shape index (κ2) is 8.77. The Morgan fingerprint density at radius 2 is 1.96 bits per heavy atom. The van der Waals surface area contributed by atoms with Crippen LogP contribution in [0.3, 0.4) is 0 Å². The minimum atomic E-state index is -0.398. The van der Waals surface area contributed by atoms with Gasteiger partial charge < -0.3 is 15.2 Å². The average molecular weight is 342 g/mol. The molecule has 132 valence electrons. The van der Waals surface area contributed by atoms with Gasteiger partial charge in [0.1, 0.15) is 6.04 Å². The van der Waals surface area contributed by atoms with Crippen molar-refractivity contribution in [2.45, 2.75) is 26.8 Å². The van der Waals surface area contributed by atoms with Crippen molar-refractivity contribution in [2.24, 2.45) is 5.92 Å². The van der Waals surface area contributed by atoms with Crippen molar-refractivity contribution >= 4 is 17.9 Å². The molecule has 1 aromatic carbocycles. The van der Waals surface area contributed by atoms with Crippen molar-refractivity contribution < 1.29 is 14.1 Å². The first-order valence-electron chi connectivity index (χ1n) is 8.06. The van der Waals surface area contributed by atoms with E-state index in [0.29, 0.717) is 11.7 Å². The van der Waals surface area contributed by atoms with Crippen LogP contribution in [-0.4, -0.2) is 28.5 Å². The summed E-state index contributed by atoms with van der Waals surface area (Å²) in [4.78, 5) is 28.0. The molecule has 0 aliphatic rings. The van der Waals surface area contributed by atoms with Crippen molar-refractivity contribution in [3.8, 4) is 0 Å². The van der Waals surface area contributed by atoms with Crippen molar-refractivity contribution in [3.05, 3.63) is 53.7 Å². The van der Waals surface area contributed by atoms with Crippen LogP contribution in [0.25, 0.3) is 6.08 Å². The van der Waals surface area contributed by atoms with Crippen LogP contribution in [0, 0.1) is 12.8 Å². The Balaban J connectivity index is 1.84. The van der Waals surface area contributed by atoms with E-state index in [2.05, 4.69) is 20.8 Å². The molecule has 1 aromatic heterocycles. The van der Waals surface area contributed by atoms with Gasteiger partial charge in [-0.05, 0) is 24.5 Å². The first-order chi connectivity index (χ1) is 12.0. The van der Waals surface area contributed by atoms with Gasteiger partial charge in [-0.25, -0.2) is 0 Å². The molecule has 0 aliphatic heterocycles. The van der Waals surface area contributed by atoms with Crippen LogP contribution in [0.15, 0.2) is 40.9 Å². The topological polar surface area (TPSA) is 97.1 Å². The predicted octanol–water partition coefficient (Wildman–Crippen LogP) is 2.02. The fourth-order valence-electron chi connectivity index (χ4n) is 2.14. The number of benzene rings is 1. The zero-order chi connectivity index (χ0) is 18.2. The molecule has 1 heterocycles. The molecule has 2 N–H and O–H groups in total. The molecule has 0 saturated carbocycles. The summed E-state index contributed by atoms with van der Waals surface area (Å²) < 4.78 is 5.13. The minimum absolute atomic E-state index is 0.0671. The highest BCUT2D eigenvalue weighted by atomic mass is 16.5. The molecule has 2 rings (SSSR count). The Morgan fingerprint density at radius 1 is 1.24 bits per heavy atom. The number of carbonyl (C=O) groups excluding carboxylic acids is 2. The summed E-state index contributed by atoms with van der Waals surface area (Å²) in [6.07, 6.45) is 3.08. The molecule has 7 heteroatoms. The number of nitrogens with one attached hydrogen (secondary N) is 2. The Hall–Kier alpha value is -2.96. The lowest BCUT2D eigenvalue weighted by molar-refractivity contribution is -0.124. The van der Waals surface area contributed by atoms with Gasteiger partial charge in [0.15, 0.2) is 5.82 Å². The zero-order valence-corrected chi connectivity index (χ0v) is 14.5. The molecule has 0 fully saturated rings. The van der Waals surface area contributed by atoms with E-state index in [0.717, 1.165) is 5.56 Å². The molecule has 0 unspecified atom stereocenters. The number of rotatable bonds is 7. The molecular weight excluding hydrogens is 320 g/mol. The first-order valence-corrected chi connectivity index (χ1v) is 8.06. The van der Waals surface area contributed by atoms with Gasteiger partial charge >= 0.3 is 0 Å². The summed E-state index contributed by atoms with van der Waals surface area (Å²) >= 11 is 0. The Labute approximate surface area is 146 Å². The second-order valence-corrected chi connectivity index (χ2v) is 5.93. The number of nitrogens with zero attached hydrogens (tertiary/aromatic N) is 2. The van der Waals surface area contributed by atoms with E-state index in [1.165, 1.54) is 6.08 Å². The Kier molecular flexibility index (Phi) is 6.45. The SMILES string of the molecule is Cc1noc([C@@H](NC(=O)CNC(=O)/C=C/c2ccccc2)C(C)C)n1. The van der Waals surface area contributed by atoms with Crippen molar-refractivity contribution in [1.82, 2.24) is 20.8 Å². The third-order valence-corrected chi connectivity index (χ3v) is 3.44. The van der Waals surface area contributed by atoms with Gasteiger partial charge in [-0.15, -0.1) is 0 Å². The third kappa shape index (κ3) is 5.87. The highest BCUT2D eigenvalue weighted by Crippen LogP contribution is 2.19. The smallest absolute Gasteiger partial charge is 0.249 e. The quantitative estimate of drug-likeness (QED) is 0.750. The van der Waals surface area contributed by atoms with Gasteiger partial charge in [0.05, 0.1) is 6.54 Å². The van der Waals surface area contributed by atoms with Crippen LogP contribution < -0.4 is 10.6 Å². The van der Waals surface area contributed by atoms with Gasteiger partial charge in [-0.3, -0.25) is 9.59 Å². The first kappa shape index (κ1) is 18.4. The van der Waals surface area contributed by atoms with E-state index in [9.17, 15) is 9.59 Å². The summed E-state index contributed by atoms with van der Waals surface area (Å²) in [5, 5.41) is 9.09. The maximum absolute atomic E-state index is 12.1. The molecule has 0 radical (unpaired) electrons. The summed E-state index contributed by atoms with van der Waals surface area (Å²) in [7, 11) is 0. The predicted molar refractivity (Wildman–Crippen MR) is 93.2 cm³/mol. The normalized spacial score (nSPS) is 12.3. The molecule has 2 amide bonds. The fraction of sp³-hybridized carbons (Fsp3) is 0.333. The Bertz CT molecular complexity index is 738. The maximum atomic E-state index is 12.1. The largest absolute Gasteiger partial charge is 0.343 e. The van der Waals surface area contributed by atoms with Crippen LogP contribution in [0.4, 0.5) is 0 Å². The number of aryl methyl sites for hydroxylation is 1. The second-order valence-electron chi connectivity index (χ2n) is 5.93. The van der Waals surface area contributed by atoms with Crippen LogP contribution in [0.1, 0.15) is 37.2 Å². The molecule has 1 atom stereocenters. The number of aromatic nitrogens is 2. The van der Waals surface area contributed by atoms with E-state index in [1.54, 1.807) is 13.0 Å². The molecule has 7 nitrogen and oxygen atoms in total. The molecule has 2 aromatic rings. The van der Waals surface area contributed by atoms with Crippen LogP contribution in [0.2, 0.25) is 0 Å². The lowest BCUT2D eigenvalue weighted by Gasteiger charge is -2.18. The molecule has 0 bridgehead atoms. The average Bonchev–Trinajstić information content (AvgIpc) is 3.02. The zero-order valence-electron chi connectivity index (χ0n) is 14.5. The molecule has 0 aliphatic carbocycles. The number of amides is 2. The fourth-order valence-corrected chi connectivity index (χ4v) is 2.14. The maximum Gasteiger partial charge on any atom is 0.249 e. The van der Waals surface area contributed by atoms with Gasteiger partial charge in [-0.2, -0.15) is 4.98 Å². The third-order valence-electron chi connectivity index (χ3n) is 3.44.